The third-order valence-corrected chi connectivity index (χ3v) is 4.26. The molecule has 0 aromatic carbocycles. The number of allylic oxidation sites excluding steroid dienone is 2. The van der Waals surface area contributed by atoms with Crippen molar-refractivity contribution in [3.63, 3.8) is 0 Å². The molecule has 0 heterocycles. The van der Waals surface area contributed by atoms with Crippen molar-refractivity contribution in [2.75, 3.05) is 0 Å². The van der Waals surface area contributed by atoms with Gasteiger partial charge in [-0.15, -0.1) is 0 Å². The molecule has 1 aliphatic rings. The highest BCUT2D eigenvalue weighted by molar-refractivity contribution is 14.1. The minimum absolute atomic E-state index is 0.452. The van der Waals surface area contributed by atoms with E-state index in [-0.39, 0.29) is 0 Å². The van der Waals surface area contributed by atoms with E-state index in [9.17, 15) is 48.3 Å². The van der Waals surface area contributed by atoms with Gasteiger partial charge >= 0.3 is 29.6 Å². The molecule has 12 heteroatoms. The van der Waals surface area contributed by atoms with Crippen LogP contribution in [-0.4, -0.2) is 35.3 Å². The summed E-state index contributed by atoms with van der Waals surface area (Å²) in [6.45, 7) is 1.09. The molecule has 0 aliphatic heterocycles. The Hall–Kier alpha value is -0.300. The van der Waals surface area contributed by atoms with Crippen molar-refractivity contribution in [1.29, 1.82) is 0 Å². The first-order valence-corrected chi connectivity index (χ1v) is 6.48. The van der Waals surface area contributed by atoms with Gasteiger partial charge in [-0.2, -0.15) is 43.9 Å². The fraction of sp³-hybridized carbons (Fsp3) is 0.800. The number of halogens is 12. The summed E-state index contributed by atoms with van der Waals surface area (Å²) >= 11 is 0.961. The Morgan fingerprint density at radius 2 is 0.955 bits per heavy atom. The van der Waals surface area contributed by atoms with Crippen molar-refractivity contribution in [1.82, 2.24) is 0 Å². The van der Waals surface area contributed by atoms with Gasteiger partial charge in [-0.1, -0.05) is 6.92 Å². The summed E-state index contributed by atoms with van der Waals surface area (Å²) in [5.41, 5.74) is -6.00. The van der Waals surface area contributed by atoms with Crippen LogP contribution in [0.25, 0.3) is 0 Å². The lowest BCUT2D eigenvalue weighted by molar-refractivity contribution is -0.476. The summed E-state index contributed by atoms with van der Waals surface area (Å²) < 4.78 is 145. The largest absolute Gasteiger partial charge is 0.384 e. The molecule has 0 radical (unpaired) electrons. The van der Waals surface area contributed by atoms with Crippen LogP contribution in [0.2, 0.25) is 0 Å². The quantitative estimate of drug-likeness (QED) is 0.370. The molecule has 0 spiro atoms. The standard InChI is InChI=1S/C10H6F11I/c1-2-4(22)3-5(11)6(12,13)8(16,17)10(20,21)9(18,19)7(5,14)15/h3H,2H2,1H3. The van der Waals surface area contributed by atoms with Crippen LogP contribution in [0.1, 0.15) is 13.3 Å². The van der Waals surface area contributed by atoms with E-state index in [1.165, 1.54) is 0 Å². The molecule has 1 fully saturated rings. The minimum atomic E-state index is -7.16. The van der Waals surface area contributed by atoms with Crippen LogP contribution >= 0.6 is 22.6 Å². The number of hydrogen-bond donors (Lipinski definition) is 0. The van der Waals surface area contributed by atoms with Gasteiger partial charge in [0.25, 0.3) is 5.67 Å². The van der Waals surface area contributed by atoms with Crippen molar-refractivity contribution >= 4 is 22.6 Å². The van der Waals surface area contributed by atoms with Crippen LogP contribution in [0, 0.1) is 0 Å². The zero-order valence-electron chi connectivity index (χ0n) is 10.3. The van der Waals surface area contributed by atoms with Crippen LogP contribution in [0.4, 0.5) is 48.3 Å². The summed E-state index contributed by atoms with van der Waals surface area (Å²) in [6, 6.07) is 0. The zero-order chi connectivity index (χ0) is 18.0. The van der Waals surface area contributed by atoms with Crippen LogP contribution in [0.5, 0.6) is 0 Å². The van der Waals surface area contributed by atoms with Gasteiger partial charge in [0.2, 0.25) is 0 Å². The lowest BCUT2D eigenvalue weighted by Crippen LogP contribution is -2.83. The molecule has 0 nitrogen and oxygen atoms in total. The van der Waals surface area contributed by atoms with Gasteiger partial charge in [0.15, 0.2) is 0 Å². The summed E-state index contributed by atoms with van der Waals surface area (Å²) in [6.07, 6.45) is -1.31. The van der Waals surface area contributed by atoms with E-state index in [0.29, 0.717) is 0 Å². The van der Waals surface area contributed by atoms with Crippen molar-refractivity contribution in [3.8, 4) is 0 Å². The normalized spacial score (nSPS) is 30.9. The van der Waals surface area contributed by atoms with Gasteiger partial charge in [-0.25, -0.2) is 4.39 Å². The average Bonchev–Trinajstić information content (AvgIpc) is 2.35. The second kappa shape index (κ2) is 4.85. The third kappa shape index (κ3) is 1.87. The zero-order valence-corrected chi connectivity index (χ0v) is 12.5. The van der Waals surface area contributed by atoms with E-state index in [2.05, 4.69) is 0 Å². The molecular formula is C10H6F11I. The van der Waals surface area contributed by atoms with Crippen molar-refractivity contribution in [2.24, 2.45) is 0 Å². The first-order valence-electron chi connectivity index (χ1n) is 5.41. The smallest absolute Gasteiger partial charge is 0.225 e. The lowest BCUT2D eigenvalue weighted by atomic mass is 9.72. The number of hydrogen-bond acceptors (Lipinski definition) is 0. The maximum atomic E-state index is 14.0. The molecule has 0 unspecified atom stereocenters. The first-order chi connectivity index (χ1) is 9.45. The summed E-state index contributed by atoms with van der Waals surface area (Å²) in [7, 11) is 0. The molecule has 1 rings (SSSR count). The molecule has 22 heavy (non-hydrogen) atoms. The molecule has 0 aromatic rings. The van der Waals surface area contributed by atoms with E-state index < -0.39 is 51.4 Å². The first kappa shape index (κ1) is 19.7. The summed E-state index contributed by atoms with van der Waals surface area (Å²) in [4.78, 5) is 0. The van der Waals surface area contributed by atoms with Crippen molar-refractivity contribution in [2.45, 2.75) is 48.6 Å². The molecule has 0 aromatic heterocycles. The molecular weight excluding hydrogens is 456 g/mol. The van der Waals surface area contributed by atoms with Gasteiger partial charge in [0.05, 0.1) is 0 Å². The molecule has 0 N–H and O–H groups in total. The Balaban J connectivity index is 3.85. The van der Waals surface area contributed by atoms with Gasteiger partial charge in [0.1, 0.15) is 0 Å². The number of alkyl halides is 11. The molecule has 0 saturated heterocycles. The predicted molar refractivity (Wildman–Crippen MR) is 61.0 cm³/mol. The molecule has 1 saturated carbocycles. The summed E-state index contributed by atoms with van der Waals surface area (Å²) in [5, 5.41) is 0. The highest BCUT2D eigenvalue weighted by Gasteiger charge is 3.00. The maximum Gasteiger partial charge on any atom is 0.384 e. The molecule has 0 bridgehead atoms. The minimum Gasteiger partial charge on any atom is -0.225 e. The van der Waals surface area contributed by atoms with Crippen molar-refractivity contribution < 1.29 is 48.3 Å². The van der Waals surface area contributed by atoms with E-state index in [1.807, 2.05) is 0 Å². The summed E-state index contributed by atoms with van der Waals surface area (Å²) in [5.74, 6) is -34.8. The monoisotopic (exact) mass is 462 g/mol. The van der Waals surface area contributed by atoms with Gasteiger partial charge in [-0.05, 0) is 38.7 Å². The molecule has 0 atom stereocenters. The highest BCUT2D eigenvalue weighted by atomic mass is 127. The molecule has 130 valence electrons. The van der Waals surface area contributed by atoms with E-state index in [4.69, 9.17) is 0 Å². The van der Waals surface area contributed by atoms with Crippen LogP contribution < -0.4 is 0 Å². The Labute approximate surface area is 129 Å². The second-order valence-electron chi connectivity index (χ2n) is 4.53. The van der Waals surface area contributed by atoms with Gasteiger partial charge in [-0.3, -0.25) is 0 Å². The van der Waals surface area contributed by atoms with Crippen LogP contribution in [0.3, 0.4) is 0 Å². The third-order valence-electron chi connectivity index (χ3n) is 3.18. The Bertz CT molecular complexity index is 463. The van der Waals surface area contributed by atoms with E-state index >= 15 is 0 Å². The van der Waals surface area contributed by atoms with E-state index in [1.54, 1.807) is 0 Å². The fourth-order valence-electron chi connectivity index (χ4n) is 1.74. The van der Waals surface area contributed by atoms with Crippen molar-refractivity contribution in [3.05, 3.63) is 9.66 Å². The Kier molecular flexibility index (Phi) is 4.35. The lowest BCUT2D eigenvalue weighted by Gasteiger charge is -2.51. The average molecular weight is 462 g/mol. The van der Waals surface area contributed by atoms with Crippen LogP contribution in [-0.2, 0) is 0 Å². The highest BCUT2D eigenvalue weighted by Crippen LogP contribution is 2.69. The maximum absolute atomic E-state index is 14.0. The van der Waals surface area contributed by atoms with Gasteiger partial charge in [0, 0.05) is 0 Å². The Morgan fingerprint density at radius 1 is 0.682 bits per heavy atom. The second-order valence-corrected chi connectivity index (χ2v) is 5.91. The van der Waals surface area contributed by atoms with Crippen LogP contribution in [0.15, 0.2) is 9.66 Å². The molecule has 1 aliphatic carbocycles. The van der Waals surface area contributed by atoms with E-state index in [0.717, 1.165) is 29.5 Å². The molecule has 0 amide bonds. The van der Waals surface area contributed by atoms with Gasteiger partial charge < -0.3 is 0 Å². The predicted octanol–water partition coefficient (Wildman–Crippen LogP) is 5.61. The SMILES string of the molecule is CCC(I)=CC1(F)C(F)(F)C(F)(F)C(F)(F)C(F)(F)C1(F)F. The number of rotatable bonds is 2. The Morgan fingerprint density at radius 3 is 1.23 bits per heavy atom. The fourth-order valence-corrected chi connectivity index (χ4v) is 2.17. The topological polar surface area (TPSA) is 0 Å².